The number of rotatable bonds is 7. The molecule has 2 heterocycles. The van der Waals surface area contributed by atoms with Crippen LogP contribution < -0.4 is 0 Å². The predicted molar refractivity (Wildman–Crippen MR) is 140 cm³/mol. The summed E-state index contributed by atoms with van der Waals surface area (Å²) in [6.07, 6.45) is 0.469. The van der Waals surface area contributed by atoms with Gasteiger partial charge < -0.3 is 9.72 Å². The molecule has 1 atom stereocenters. The lowest BCUT2D eigenvalue weighted by atomic mass is 9.99. The zero-order valence-electron chi connectivity index (χ0n) is 19.2. The largest absolute Gasteiger partial charge is 0.445 e. The van der Waals surface area contributed by atoms with Crippen LogP contribution >= 0.6 is 23.2 Å². The van der Waals surface area contributed by atoms with Crippen LogP contribution in [0.2, 0.25) is 10.2 Å². The molecule has 0 amide bonds. The fraction of sp³-hybridized carbons (Fsp3) is 0.107. The van der Waals surface area contributed by atoms with Gasteiger partial charge in [0.2, 0.25) is 5.78 Å². The molecule has 3 aromatic carbocycles. The third-order valence-corrected chi connectivity index (χ3v) is 6.72. The lowest BCUT2D eigenvalue weighted by Gasteiger charge is -2.17. The van der Waals surface area contributed by atoms with E-state index in [2.05, 4.69) is 10.1 Å². The summed E-state index contributed by atoms with van der Waals surface area (Å²) in [7, 11) is 0. The van der Waals surface area contributed by atoms with E-state index >= 15 is 0 Å². The van der Waals surface area contributed by atoms with Gasteiger partial charge >= 0.3 is 5.97 Å². The van der Waals surface area contributed by atoms with Gasteiger partial charge in [-0.3, -0.25) is 4.79 Å². The Bertz CT molecular complexity index is 1570. The van der Waals surface area contributed by atoms with Crippen molar-refractivity contribution in [1.29, 1.82) is 0 Å². The van der Waals surface area contributed by atoms with E-state index in [1.54, 1.807) is 43.5 Å². The van der Waals surface area contributed by atoms with Crippen molar-refractivity contribution in [2.75, 3.05) is 0 Å². The number of Topliss-reactive ketones (excluding diaryl/α,β-unsaturated/α-hetero) is 1. The molecule has 5 aromatic rings. The van der Waals surface area contributed by atoms with E-state index < -0.39 is 12.1 Å². The number of halogens is 2. The fourth-order valence-corrected chi connectivity index (χ4v) is 4.67. The van der Waals surface area contributed by atoms with Crippen LogP contribution in [0.1, 0.15) is 43.6 Å². The molecule has 0 bridgehead atoms. The highest BCUT2D eigenvalue weighted by Crippen LogP contribution is 2.30. The highest BCUT2D eigenvalue weighted by molar-refractivity contribution is 6.33. The molecule has 6 nitrogen and oxygen atoms in total. The Labute approximate surface area is 217 Å². The van der Waals surface area contributed by atoms with Gasteiger partial charge in [-0.15, -0.1) is 0 Å². The molecule has 5 rings (SSSR count). The molecule has 180 valence electrons. The maximum absolute atomic E-state index is 13.7. The minimum atomic E-state index is -1.17. The Hall–Kier alpha value is -3.87. The molecule has 0 fully saturated rings. The zero-order valence-corrected chi connectivity index (χ0v) is 20.8. The number of nitrogens with zero attached hydrogens (tertiary/aromatic N) is 2. The number of H-pyrrole nitrogens is 1. The Balaban J connectivity index is 1.48. The van der Waals surface area contributed by atoms with Gasteiger partial charge in [0, 0.05) is 33.2 Å². The van der Waals surface area contributed by atoms with Crippen molar-refractivity contribution in [3.63, 3.8) is 0 Å². The van der Waals surface area contributed by atoms with Gasteiger partial charge in [0.15, 0.2) is 6.10 Å². The molecule has 2 aromatic heterocycles. The summed E-state index contributed by atoms with van der Waals surface area (Å²) in [5.74, 6) is -1.07. The van der Waals surface area contributed by atoms with Crippen LogP contribution in [0.5, 0.6) is 0 Å². The van der Waals surface area contributed by atoms with Crippen molar-refractivity contribution < 1.29 is 14.3 Å². The number of hydrogen-bond acceptors (Lipinski definition) is 4. The highest BCUT2D eigenvalue weighted by Gasteiger charge is 2.31. The van der Waals surface area contributed by atoms with Crippen molar-refractivity contribution >= 4 is 45.9 Å². The second-order valence-corrected chi connectivity index (χ2v) is 9.07. The molecule has 0 radical (unpaired) electrons. The molecular weight excluding hydrogens is 497 g/mol. The standard InChI is InChI=1S/C28H21Cl2N3O3/c1-17-24(27(30)33(32-17)16-19-11-5-7-13-22(19)29)28(35)36-26(18-9-3-2-4-10-18)25(34)21-15-31-23-14-8-6-12-20(21)23/h2-15,26,31H,16H2,1H3/t26-/m0/s1. The smallest absolute Gasteiger partial charge is 0.344 e. The Kier molecular flexibility index (Phi) is 6.63. The molecule has 0 aliphatic carbocycles. The van der Waals surface area contributed by atoms with Crippen molar-refractivity contribution in [2.24, 2.45) is 0 Å². The molecule has 0 saturated heterocycles. The van der Waals surface area contributed by atoms with Gasteiger partial charge in [0.05, 0.1) is 12.2 Å². The number of aromatic amines is 1. The lowest BCUT2D eigenvalue weighted by molar-refractivity contribution is 0.0280. The topological polar surface area (TPSA) is 77.0 Å². The maximum Gasteiger partial charge on any atom is 0.344 e. The Morgan fingerprint density at radius 1 is 0.972 bits per heavy atom. The van der Waals surface area contributed by atoms with Crippen LogP contribution in [0.25, 0.3) is 10.9 Å². The second kappa shape index (κ2) is 10.0. The number of hydrogen-bond donors (Lipinski definition) is 1. The van der Waals surface area contributed by atoms with Gasteiger partial charge in [-0.1, -0.05) is 89.9 Å². The third-order valence-electron chi connectivity index (χ3n) is 5.97. The van der Waals surface area contributed by atoms with Crippen molar-refractivity contribution in [1.82, 2.24) is 14.8 Å². The normalized spacial score (nSPS) is 12.0. The van der Waals surface area contributed by atoms with Gasteiger partial charge in [-0.25, -0.2) is 9.48 Å². The minimum Gasteiger partial charge on any atom is -0.445 e. The number of para-hydroxylation sites is 1. The van der Waals surface area contributed by atoms with Gasteiger partial charge in [0.1, 0.15) is 10.7 Å². The van der Waals surface area contributed by atoms with E-state index in [9.17, 15) is 9.59 Å². The fourth-order valence-electron chi connectivity index (χ4n) is 4.16. The SMILES string of the molecule is Cc1nn(Cc2ccccc2Cl)c(Cl)c1C(=O)O[C@H](C(=O)c1c[nH]c2ccccc12)c1ccccc1. The number of esters is 1. The van der Waals surface area contributed by atoms with Crippen LogP contribution in [-0.2, 0) is 11.3 Å². The number of carbonyl (C=O) groups is 2. The summed E-state index contributed by atoms with van der Waals surface area (Å²) in [6, 6.07) is 23.7. The predicted octanol–water partition coefficient (Wildman–Crippen LogP) is 6.81. The van der Waals surface area contributed by atoms with E-state index in [4.69, 9.17) is 27.9 Å². The van der Waals surface area contributed by atoms with E-state index in [0.29, 0.717) is 21.8 Å². The summed E-state index contributed by atoms with van der Waals surface area (Å²) >= 11 is 12.9. The first-order chi connectivity index (χ1) is 17.4. The summed E-state index contributed by atoms with van der Waals surface area (Å²) in [6.45, 7) is 1.95. The second-order valence-electron chi connectivity index (χ2n) is 8.31. The average molecular weight is 518 g/mol. The molecule has 0 saturated carbocycles. The molecule has 0 unspecified atom stereocenters. The Morgan fingerprint density at radius 2 is 1.67 bits per heavy atom. The van der Waals surface area contributed by atoms with Crippen molar-refractivity contribution in [3.8, 4) is 0 Å². The third kappa shape index (κ3) is 4.53. The molecule has 8 heteroatoms. The lowest BCUT2D eigenvalue weighted by Crippen LogP contribution is -2.20. The summed E-state index contributed by atoms with van der Waals surface area (Å²) in [5, 5.41) is 5.85. The number of nitrogens with one attached hydrogen (secondary N) is 1. The van der Waals surface area contributed by atoms with E-state index in [1.165, 1.54) is 4.68 Å². The molecule has 0 aliphatic heterocycles. The van der Waals surface area contributed by atoms with E-state index in [1.807, 2.05) is 48.5 Å². The maximum atomic E-state index is 13.7. The number of benzene rings is 3. The molecule has 1 N–H and O–H groups in total. The quantitative estimate of drug-likeness (QED) is 0.190. The zero-order chi connectivity index (χ0) is 25.2. The summed E-state index contributed by atoms with van der Waals surface area (Å²) in [5.41, 5.74) is 3.11. The van der Waals surface area contributed by atoms with E-state index in [-0.39, 0.29) is 23.0 Å². The van der Waals surface area contributed by atoms with Crippen LogP contribution in [0.3, 0.4) is 0 Å². The average Bonchev–Trinajstić information content (AvgIpc) is 3.44. The first kappa shape index (κ1) is 23.9. The van der Waals surface area contributed by atoms with Gasteiger partial charge in [-0.05, 0) is 24.6 Å². The summed E-state index contributed by atoms with van der Waals surface area (Å²) < 4.78 is 7.33. The van der Waals surface area contributed by atoms with Crippen LogP contribution in [0.15, 0.2) is 85.1 Å². The van der Waals surface area contributed by atoms with Gasteiger partial charge in [0.25, 0.3) is 0 Å². The number of fused-ring (bicyclic) bond motifs is 1. The van der Waals surface area contributed by atoms with Crippen LogP contribution in [0, 0.1) is 6.92 Å². The van der Waals surface area contributed by atoms with Crippen LogP contribution in [0.4, 0.5) is 0 Å². The molecule has 0 aliphatic rings. The van der Waals surface area contributed by atoms with Crippen molar-refractivity contribution in [2.45, 2.75) is 19.6 Å². The monoisotopic (exact) mass is 517 g/mol. The molecule has 0 spiro atoms. The van der Waals surface area contributed by atoms with Crippen LogP contribution in [-0.4, -0.2) is 26.5 Å². The molecular formula is C28H21Cl2N3O3. The minimum absolute atomic E-state index is 0.108. The van der Waals surface area contributed by atoms with E-state index in [0.717, 1.165) is 16.5 Å². The molecule has 36 heavy (non-hydrogen) atoms. The number of aromatic nitrogens is 3. The first-order valence-corrected chi connectivity index (χ1v) is 12.0. The summed E-state index contributed by atoms with van der Waals surface area (Å²) in [4.78, 5) is 30.2. The highest BCUT2D eigenvalue weighted by atomic mass is 35.5. The first-order valence-electron chi connectivity index (χ1n) is 11.3. The Morgan fingerprint density at radius 3 is 2.44 bits per heavy atom. The number of carbonyl (C=O) groups excluding carboxylic acids is 2. The van der Waals surface area contributed by atoms with Gasteiger partial charge in [-0.2, -0.15) is 5.10 Å². The number of ketones is 1. The number of aryl methyl sites for hydroxylation is 1. The van der Waals surface area contributed by atoms with Crippen molar-refractivity contribution in [3.05, 3.63) is 123 Å². The number of ether oxygens (including phenoxy) is 1.